The van der Waals surface area contributed by atoms with Gasteiger partial charge in [-0.3, -0.25) is 4.79 Å². The highest BCUT2D eigenvalue weighted by atomic mass is 32.2. The predicted molar refractivity (Wildman–Crippen MR) is 65.1 cm³/mol. The molecule has 0 aromatic carbocycles. The molecular weight excluding hydrogens is 242 g/mol. The van der Waals surface area contributed by atoms with Crippen LogP contribution in [0.25, 0.3) is 0 Å². The number of nitrogens with one attached hydrogen (secondary N) is 1. The van der Waals surface area contributed by atoms with Crippen molar-refractivity contribution >= 4 is 16.0 Å². The molecule has 1 unspecified atom stereocenters. The Balaban J connectivity index is 2.56. The highest BCUT2D eigenvalue weighted by Crippen LogP contribution is 2.24. The average Bonchev–Trinajstić information content (AvgIpc) is 2.69. The molecule has 1 atom stereocenters. The van der Waals surface area contributed by atoms with Crippen molar-refractivity contribution in [2.45, 2.75) is 44.8 Å². The maximum Gasteiger partial charge on any atom is 0.308 e. The highest BCUT2D eigenvalue weighted by Gasteiger charge is 2.30. The summed E-state index contributed by atoms with van der Waals surface area (Å²) < 4.78 is 26.2. The van der Waals surface area contributed by atoms with Crippen LogP contribution in [0.1, 0.15) is 39.5 Å². The van der Waals surface area contributed by atoms with Gasteiger partial charge in [0.15, 0.2) is 0 Å². The van der Waals surface area contributed by atoms with Crippen molar-refractivity contribution in [2.75, 3.05) is 6.54 Å². The second kappa shape index (κ2) is 5.82. The van der Waals surface area contributed by atoms with E-state index in [0.29, 0.717) is 12.8 Å². The highest BCUT2D eigenvalue weighted by molar-refractivity contribution is 7.90. The number of carboxylic acid groups (broad SMARTS) is 1. The van der Waals surface area contributed by atoms with Gasteiger partial charge < -0.3 is 5.11 Å². The molecule has 1 fully saturated rings. The Labute approximate surface area is 103 Å². The summed E-state index contributed by atoms with van der Waals surface area (Å²) in [7, 11) is -3.34. The molecule has 0 saturated heterocycles. The van der Waals surface area contributed by atoms with Crippen molar-refractivity contribution in [1.29, 1.82) is 0 Å². The van der Waals surface area contributed by atoms with Crippen LogP contribution >= 0.6 is 0 Å². The lowest BCUT2D eigenvalue weighted by atomic mass is 9.97. The molecule has 1 saturated carbocycles. The molecule has 1 aliphatic carbocycles. The van der Waals surface area contributed by atoms with Gasteiger partial charge in [0, 0.05) is 6.54 Å². The minimum atomic E-state index is -3.34. The fraction of sp³-hybridized carbons (Fsp3) is 0.909. The van der Waals surface area contributed by atoms with Crippen molar-refractivity contribution in [2.24, 2.45) is 11.8 Å². The Hall–Kier alpha value is -0.620. The Morgan fingerprint density at radius 1 is 1.35 bits per heavy atom. The second-order valence-electron chi connectivity index (χ2n) is 4.99. The van der Waals surface area contributed by atoms with Crippen molar-refractivity contribution in [1.82, 2.24) is 4.72 Å². The molecule has 0 spiro atoms. The zero-order valence-corrected chi connectivity index (χ0v) is 11.2. The molecule has 5 nitrogen and oxygen atoms in total. The third kappa shape index (κ3) is 3.96. The molecule has 0 amide bonds. The Morgan fingerprint density at radius 2 is 1.88 bits per heavy atom. The van der Waals surface area contributed by atoms with Gasteiger partial charge in [0.05, 0.1) is 11.2 Å². The van der Waals surface area contributed by atoms with E-state index >= 15 is 0 Å². The van der Waals surface area contributed by atoms with E-state index in [9.17, 15) is 13.2 Å². The fourth-order valence-electron chi connectivity index (χ4n) is 2.13. The van der Waals surface area contributed by atoms with Crippen LogP contribution in [0.2, 0.25) is 0 Å². The summed E-state index contributed by atoms with van der Waals surface area (Å²) >= 11 is 0. The van der Waals surface area contributed by atoms with Crippen molar-refractivity contribution in [3.05, 3.63) is 0 Å². The van der Waals surface area contributed by atoms with Crippen LogP contribution in [0.3, 0.4) is 0 Å². The first-order valence-corrected chi connectivity index (χ1v) is 7.60. The SMILES string of the molecule is CC(C)C(CNS(=O)(=O)C1CCCC1)C(=O)O. The van der Waals surface area contributed by atoms with E-state index in [2.05, 4.69) is 4.72 Å². The normalized spacial score (nSPS) is 19.7. The maximum absolute atomic E-state index is 11.9. The third-order valence-corrected chi connectivity index (χ3v) is 5.29. The molecule has 0 aromatic heterocycles. The lowest BCUT2D eigenvalue weighted by Gasteiger charge is -2.18. The molecule has 0 bridgehead atoms. The van der Waals surface area contributed by atoms with Gasteiger partial charge in [-0.2, -0.15) is 0 Å². The number of carbonyl (C=O) groups is 1. The first-order chi connectivity index (χ1) is 7.84. The summed E-state index contributed by atoms with van der Waals surface area (Å²) in [6.07, 6.45) is 3.26. The van der Waals surface area contributed by atoms with Crippen molar-refractivity contribution < 1.29 is 18.3 Å². The smallest absolute Gasteiger partial charge is 0.308 e. The number of carboxylic acids is 1. The Kier molecular flexibility index (Phi) is 4.94. The lowest BCUT2D eigenvalue weighted by Crippen LogP contribution is -2.39. The standard InChI is InChI=1S/C11H21NO4S/c1-8(2)10(11(13)14)7-12-17(15,16)9-5-3-4-6-9/h8-10,12H,3-7H2,1-2H3,(H,13,14). The molecule has 2 N–H and O–H groups in total. The Bertz CT molecular complexity index is 358. The van der Waals surface area contributed by atoms with Crippen LogP contribution in [0.5, 0.6) is 0 Å². The van der Waals surface area contributed by atoms with Gasteiger partial charge in [0.1, 0.15) is 0 Å². The summed E-state index contributed by atoms with van der Waals surface area (Å²) in [6, 6.07) is 0. The van der Waals surface area contributed by atoms with Crippen LogP contribution in [-0.4, -0.2) is 31.3 Å². The van der Waals surface area contributed by atoms with Gasteiger partial charge in [0.25, 0.3) is 0 Å². The molecule has 0 aromatic rings. The van der Waals surface area contributed by atoms with Gasteiger partial charge in [-0.15, -0.1) is 0 Å². The molecule has 100 valence electrons. The van der Waals surface area contributed by atoms with Crippen molar-refractivity contribution in [3.8, 4) is 0 Å². The van der Waals surface area contributed by atoms with E-state index < -0.39 is 21.9 Å². The van der Waals surface area contributed by atoms with E-state index in [4.69, 9.17) is 5.11 Å². The van der Waals surface area contributed by atoms with Crippen LogP contribution in [0, 0.1) is 11.8 Å². The van der Waals surface area contributed by atoms with Crippen LogP contribution < -0.4 is 4.72 Å². The van der Waals surface area contributed by atoms with E-state index in [1.54, 1.807) is 13.8 Å². The molecule has 0 aliphatic heterocycles. The fourth-order valence-corrected chi connectivity index (χ4v) is 3.73. The summed E-state index contributed by atoms with van der Waals surface area (Å²) in [5.74, 6) is -1.70. The maximum atomic E-state index is 11.9. The van der Waals surface area contributed by atoms with Gasteiger partial charge in [-0.05, 0) is 18.8 Å². The zero-order chi connectivity index (χ0) is 13.1. The number of aliphatic carboxylic acids is 1. The first kappa shape index (κ1) is 14.4. The van der Waals surface area contributed by atoms with E-state index in [1.165, 1.54) is 0 Å². The summed E-state index contributed by atoms with van der Waals surface area (Å²) in [6.45, 7) is 3.55. The number of hydrogen-bond donors (Lipinski definition) is 2. The van der Waals surface area contributed by atoms with Crippen LogP contribution in [-0.2, 0) is 14.8 Å². The monoisotopic (exact) mass is 263 g/mol. The third-order valence-electron chi connectivity index (χ3n) is 3.37. The number of hydrogen-bond acceptors (Lipinski definition) is 3. The largest absolute Gasteiger partial charge is 0.481 e. The van der Waals surface area contributed by atoms with Crippen molar-refractivity contribution in [3.63, 3.8) is 0 Å². The predicted octanol–water partition coefficient (Wildman–Crippen LogP) is 1.21. The van der Waals surface area contributed by atoms with E-state index in [0.717, 1.165) is 12.8 Å². The summed E-state index contributed by atoms with van der Waals surface area (Å²) in [4.78, 5) is 10.9. The second-order valence-corrected chi connectivity index (χ2v) is 7.03. The minimum Gasteiger partial charge on any atom is -0.481 e. The van der Waals surface area contributed by atoms with Gasteiger partial charge >= 0.3 is 5.97 Å². The molecular formula is C11H21NO4S. The zero-order valence-electron chi connectivity index (χ0n) is 10.3. The molecule has 17 heavy (non-hydrogen) atoms. The number of sulfonamides is 1. The average molecular weight is 263 g/mol. The summed E-state index contributed by atoms with van der Waals surface area (Å²) in [5, 5.41) is 8.64. The van der Waals surface area contributed by atoms with E-state index in [1.807, 2.05) is 0 Å². The van der Waals surface area contributed by atoms with E-state index in [-0.39, 0.29) is 17.7 Å². The van der Waals surface area contributed by atoms with Gasteiger partial charge in [-0.25, -0.2) is 13.1 Å². The van der Waals surface area contributed by atoms with Crippen LogP contribution in [0.4, 0.5) is 0 Å². The topological polar surface area (TPSA) is 83.5 Å². The molecule has 6 heteroatoms. The Morgan fingerprint density at radius 3 is 2.29 bits per heavy atom. The summed E-state index contributed by atoms with van der Waals surface area (Å²) in [5.41, 5.74) is 0. The first-order valence-electron chi connectivity index (χ1n) is 6.06. The van der Waals surface area contributed by atoms with Gasteiger partial charge in [-0.1, -0.05) is 26.7 Å². The molecule has 0 radical (unpaired) electrons. The van der Waals surface area contributed by atoms with Crippen LogP contribution in [0.15, 0.2) is 0 Å². The minimum absolute atomic E-state index is 0.00810. The molecule has 1 aliphatic rings. The lowest BCUT2D eigenvalue weighted by molar-refractivity contribution is -0.142. The molecule has 0 heterocycles. The number of rotatable bonds is 6. The molecule has 1 rings (SSSR count). The van der Waals surface area contributed by atoms with Gasteiger partial charge in [0.2, 0.25) is 10.0 Å². The quantitative estimate of drug-likeness (QED) is 0.754.